The minimum atomic E-state index is 0.788. The van der Waals surface area contributed by atoms with Crippen LogP contribution in [-0.2, 0) is 0 Å². The zero-order chi connectivity index (χ0) is 7.68. The van der Waals surface area contributed by atoms with E-state index in [0.717, 1.165) is 17.5 Å². The van der Waals surface area contributed by atoms with Gasteiger partial charge >= 0.3 is 0 Å². The summed E-state index contributed by atoms with van der Waals surface area (Å²) in [5.74, 6) is 0. The molecule has 52 valence electrons. The molecular weight excluding hydrogens is 134 g/mol. The molecule has 0 radical (unpaired) electrons. The Bertz CT molecular complexity index is 355. The van der Waals surface area contributed by atoms with Crippen molar-refractivity contribution < 1.29 is 0 Å². The molecule has 0 amide bonds. The highest BCUT2D eigenvalue weighted by molar-refractivity contribution is 5.80. The molecule has 0 atom stereocenters. The number of hydrogen-bond acceptors (Lipinski definition) is 1. The molecule has 0 N–H and O–H groups in total. The Labute approximate surface area is 65.6 Å². The van der Waals surface area contributed by atoms with Crippen molar-refractivity contribution in [2.45, 2.75) is 6.42 Å². The van der Waals surface area contributed by atoms with Gasteiger partial charge < -0.3 is 0 Å². The fourth-order valence-electron chi connectivity index (χ4n) is 1.13. The molecule has 1 aromatic rings. The minimum absolute atomic E-state index is 0.788. The first-order chi connectivity index (χ1) is 5.42. The molecule has 0 aromatic heterocycles. The number of allylic oxidation sites excluding steroid dienone is 2. The summed E-state index contributed by atoms with van der Waals surface area (Å²) < 4.78 is 0. The van der Waals surface area contributed by atoms with Gasteiger partial charge in [-0.1, -0.05) is 24.3 Å². The highest BCUT2D eigenvalue weighted by atomic mass is 14.3. The van der Waals surface area contributed by atoms with Crippen molar-refractivity contribution in [3.63, 3.8) is 0 Å². The normalized spacial score (nSPS) is 13.5. The van der Waals surface area contributed by atoms with E-state index < -0.39 is 0 Å². The van der Waals surface area contributed by atoms with Gasteiger partial charge in [-0.15, -0.1) is 0 Å². The molecule has 0 fully saturated rings. The Morgan fingerprint density at radius 1 is 1.27 bits per heavy atom. The molecule has 0 spiro atoms. The van der Waals surface area contributed by atoms with E-state index in [2.05, 4.69) is 12.1 Å². The van der Waals surface area contributed by atoms with Crippen LogP contribution in [0.5, 0.6) is 0 Å². The van der Waals surface area contributed by atoms with Gasteiger partial charge in [-0.2, -0.15) is 5.26 Å². The molecule has 0 aliphatic heterocycles. The highest BCUT2D eigenvalue weighted by Crippen LogP contribution is 2.32. The van der Waals surface area contributed by atoms with Crippen LogP contribution in [0.25, 0.3) is 5.57 Å². The Kier molecular flexibility index (Phi) is 1.26. The fraction of sp³-hybridized carbons (Fsp3) is 0.100. The molecule has 2 rings (SSSR count). The predicted molar refractivity (Wildman–Crippen MR) is 43.8 cm³/mol. The first-order valence-corrected chi connectivity index (χ1v) is 3.60. The second-order valence-corrected chi connectivity index (χ2v) is 2.59. The molecule has 1 aliphatic rings. The first kappa shape index (κ1) is 6.18. The Morgan fingerprint density at radius 2 is 2.00 bits per heavy atom. The third-order valence-electron chi connectivity index (χ3n) is 1.80. The molecule has 1 aliphatic carbocycles. The monoisotopic (exact) mass is 141 g/mol. The molecule has 0 unspecified atom stereocenters. The van der Waals surface area contributed by atoms with Gasteiger partial charge in [0.1, 0.15) is 0 Å². The summed E-state index contributed by atoms with van der Waals surface area (Å²) in [7, 11) is 0. The van der Waals surface area contributed by atoms with E-state index in [1.54, 1.807) is 0 Å². The van der Waals surface area contributed by atoms with Gasteiger partial charge in [0.15, 0.2) is 0 Å². The molecule has 1 nitrogen and oxygen atoms in total. The lowest BCUT2D eigenvalue weighted by Gasteiger charge is -1.95. The minimum Gasteiger partial charge on any atom is -0.192 e. The van der Waals surface area contributed by atoms with Crippen LogP contribution in [0.4, 0.5) is 0 Å². The van der Waals surface area contributed by atoms with E-state index in [-0.39, 0.29) is 0 Å². The van der Waals surface area contributed by atoms with Crippen LogP contribution >= 0.6 is 0 Å². The molecule has 1 heteroatoms. The zero-order valence-electron chi connectivity index (χ0n) is 6.04. The second-order valence-electron chi connectivity index (χ2n) is 2.59. The first-order valence-electron chi connectivity index (χ1n) is 3.60. The topological polar surface area (TPSA) is 23.8 Å². The van der Waals surface area contributed by atoms with Gasteiger partial charge in [0.25, 0.3) is 0 Å². The van der Waals surface area contributed by atoms with E-state index in [1.807, 2.05) is 24.3 Å². The molecule has 1 aromatic carbocycles. The van der Waals surface area contributed by atoms with E-state index in [0.29, 0.717) is 0 Å². The van der Waals surface area contributed by atoms with Crippen LogP contribution in [0, 0.1) is 11.3 Å². The number of hydrogen-bond donors (Lipinski definition) is 0. The number of rotatable bonds is 1. The largest absolute Gasteiger partial charge is 0.192 e. The summed E-state index contributed by atoms with van der Waals surface area (Å²) in [6, 6.07) is 9.89. The van der Waals surface area contributed by atoms with Gasteiger partial charge in [0, 0.05) is 0 Å². The predicted octanol–water partition coefficient (Wildman–Crippen LogP) is 2.35. The van der Waals surface area contributed by atoms with E-state index in [9.17, 15) is 0 Å². The summed E-state index contributed by atoms with van der Waals surface area (Å²) in [6.07, 6.45) is 3.19. The van der Waals surface area contributed by atoms with Gasteiger partial charge in [0.05, 0.1) is 11.6 Å². The maximum absolute atomic E-state index is 8.72. The SMILES string of the molecule is N#Cc1ccccc1C1=CC1. The highest BCUT2D eigenvalue weighted by Gasteiger charge is 2.12. The van der Waals surface area contributed by atoms with Crippen LogP contribution in [0.3, 0.4) is 0 Å². The maximum Gasteiger partial charge on any atom is 0.0998 e. The standard InChI is InChI=1S/C10H7N/c11-7-9-3-1-2-4-10(9)8-5-6-8/h1-5H,6H2. The molecule has 0 saturated heterocycles. The second kappa shape index (κ2) is 2.25. The van der Waals surface area contributed by atoms with Crippen molar-refractivity contribution in [2.24, 2.45) is 0 Å². The summed E-state index contributed by atoms with van der Waals surface area (Å²) >= 11 is 0. The average molecular weight is 141 g/mol. The third kappa shape index (κ3) is 1.03. The number of nitrogens with zero attached hydrogens (tertiary/aromatic N) is 1. The van der Waals surface area contributed by atoms with Crippen molar-refractivity contribution in [2.75, 3.05) is 0 Å². The van der Waals surface area contributed by atoms with Crippen molar-refractivity contribution in [1.82, 2.24) is 0 Å². The molecule has 0 bridgehead atoms. The fourth-order valence-corrected chi connectivity index (χ4v) is 1.13. The quantitative estimate of drug-likeness (QED) is 0.588. The number of benzene rings is 1. The van der Waals surface area contributed by atoms with Crippen LogP contribution in [0.15, 0.2) is 30.3 Å². The summed E-state index contributed by atoms with van der Waals surface area (Å²) in [5, 5.41) is 8.72. The molecule has 0 saturated carbocycles. The van der Waals surface area contributed by atoms with E-state index in [4.69, 9.17) is 5.26 Å². The molecule has 0 heterocycles. The lowest BCUT2D eigenvalue weighted by molar-refractivity contribution is 1.46. The Hall–Kier alpha value is -1.55. The van der Waals surface area contributed by atoms with Crippen molar-refractivity contribution in [1.29, 1.82) is 5.26 Å². The van der Waals surface area contributed by atoms with Crippen LogP contribution in [-0.4, -0.2) is 0 Å². The van der Waals surface area contributed by atoms with Gasteiger partial charge in [-0.3, -0.25) is 0 Å². The van der Waals surface area contributed by atoms with E-state index >= 15 is 0 Å². The van der Waals surface area contributed by atoms with Gasteiger partial charge in [-0.25, -0.2) is 0 Å². The summed E-state index contributed by atoms with van der Waals surface area (Å²) in [4.78, 5) is 0. The van der Waals surface area contributed by atoms with Gasteiger partial charge in [0.2, 0.25) is 0 Å². The van der Waals surface area contributed by atoms with Crippen molar-refractivity contribution >= 4 is 5.57 Å². The van der Waals surface area contributed by atoms with Crippen LogP contribution < -0.4 is 0 Å². The third-order valence-corrected chi connectivity index (χ3v) is 1.80. The zero-order valence-corrected chi connectivity index (χ0v) is 6.04. The van der Waals surface area contributed by atoms with Crippen molar-refractivity contribution in [3.8, 4) is 6.07 Å². The summed E-state index contributed by atoms with van der Waals surface area (Å²) in [6.45, 7) is 0. The Morgan fingerprint density at radius 3 is 2.64 bits per heavy atom. The van der Waals surface area contributed by atoms with Crippen LogP contribution in [0.1, 0.15) is 17.5 Å². The number of nitriles is 1. The molecule has 11 heavy (non-hydrogen) atoms. The lowest BCUT2D eigenvalue weighted by Crippen LogP contribution is -1.80. The maximum atomic E-state index is 8.72. The van der Waals surface area contributed by atoms with Gasteiger partial charge in [-0.05, 0) is 23.6 Å². The van der Waals surface area contributed by atoms with E-state index in [1.165, 1.54) is 5.57 Å². The average Bonchev–Trinajstić information content (AvgIpc) is 2.87. The van der Waals surface area contributed by atoms with Crippen LogP contribution in [0.2, 0.25) is 0 Å². The summed E-state index contributed by atoms with van der Waals surface area (Å²) in [5.41, 5.74) is 3.20. The Balaban J connectivity index is 2.53. The lowest BCUT2D eigenvalue weighted by atomic mass is 10.1. The molecular formula is C10H7N. The smallest absolute Gasteiger partial charge is 0.0998 e. The van der Waals surface area contributed by atoms with Crippen molar-refractivity contribution in [3.05, 3.63) is 41.5 Å².